The van der Waals surface area contributed by atoms with Crippen LogP contribution in [0.5, 0.6) is 0 Å². The molecule has 0 bridgehead atoms. The third-order valence-electron chi connectivity index (χ3n) is 10.7. The van der Waals surface area contributed by atoms with E-state index in [1.165, 1.54) is 5.56 Å². The fourth-order valence-corrected chi connectivity index (χ4v) is 7.96. The summed E-state index contributed by atoms with van der Waals surface area (Å²) in [4.78, 5) is 10.5. The van der Waals surface area contributed by atoms with Gasteiger partial charge in [0.2, 0.25) is 0 Å². The molecule has 11 aromatic rings. The van der Waals surface area contributed by atoms with Crippen molar-refractivity contribution in [3.8, 4) is 67.3 Å². The number of aromatic nitrogens is 2. The van der Waals surface area contributed by atoms with Gasteiger partial charge in [0.25, 0.3) is 0 Å². The summed E-state index contributed by atoms with van der Waals surface area (Å²) in [6.45, 7) is 0. The van der Waals surface area contributed by atoms with Crippen LogP contribution in [-0.4, -0.2) is 9.97 Å². The number of hydrogen-bond acceptors (Lipinski definition) is 4. The van der Waals surface area contributed by atoms with Gasteiger partial charge in [0.15, 0.2) is 5.82 Å². The molecule has 4 nitrogen and oxygen atoms in total. The average molecular weight is 717 g/mol. The second-order valence-corrected chi connectivity index (χ2v) is 14.1. The Balaban J connectivity index is 1.06. The molecule has 0 atom stereocenters. The van der Waals surface area contributed by atoms with Crippen molar-refractivity contribution in [2.45, 2.75) is 0 Å². The minimum absolute atomic E-state index is 0.659. The van der Waals surface area contributed by atoms with Crippen LogP contribution in [0.2, 0.25) is 0 Å². The highest BCUT2D eigenvalue weighted by Gasteiger charge is 2.17. The summed E-state index contributed by atoms with van der Waals surface area (Å²) >= 11 is 0. The number of para-hydroxylation sites is 4. The van der Waals surface area contributed by atoms with Gasteiger partial charge in [-0.15, -0.1) is 0 Å². The fraction of sp³-hybridized carbons (Fsp3) is 0. The Morgan fingerprint density at radius 1 is 0.286 bits per heavy atom. The molecule has 4 heteroatoms. The molecule has 56 heavy (non-hydrogen) atoms. The summed E-state index contributed by atoms with van der Waals surface area (Å²) in [5.41, 5.74) is 14.6. The Labute approximate surface area is 323 Å². The maximum Gasteiger partial charge on any atom is 0.160 e. The molecule has 3 aromatic heterocycles. The first kappa shape index (κ1) is 31.9. The third-order valence-corrected chi connectivity index (χ3v) is 10.7. The number of fused-ring (bicyclic) bond motifs is 6. The lowest BCUT2D eigenvalue weighted by Gasteiger charge is -2.12. The third kappa shape index (κ3) is 5.47. The Morgan fingerprint density at radius 2 is 0.696 bits per heavy atom. The second kappa shape index (κ2) is 13.1. The summed E-state index contributed by atoms with van der Waals surface area (Å²) < 4.78 is 12.9. The summed E-state index contributed by atoms with van der Waals surface area (Å²) in [7, 11) is 0. The molecule has 3 heterocycles. The van der Waals surface area contributed by atoms with Gasteiger partial charge < -0.3 is 8.83 Å². The van der Waals surface area contributed by atoms with E-state index >= 15 is 0 Å². The Hall–Kier alpha value is -7.56. The van der Waals surface area contributed by atoms with Crippen LogP contribution < -0.4 is 0 Å². The summed E-state index contributed by atoms with van der Waals surface area (Å²) in [5.74, 6) is 0.659. The Bertz CT molecular complexity index is 3070. The molecule has 0 saturated heterocycles. The molecule has 0 saturated carbocycles. The van der Waals surface area contributed by atoms with Gasteiger partial charge in [-0.3, -0.25) is 0 Å². The summed E-state index contributed by atoms with van der Waals surface area (Å²) in [5, 5.41) is 4.44. The number of furan rings is 2. The molecule has 8 aromatic carbocycles. The van der Waals surface area contributed by atoms with E-state index in [1.807, 2.05) is 30.3 Å². The first-order valence-corrected chi connectivity index (χ1v) is 18.8. The fourth-order valence-electron chi connectivity index (χ4n) is 7.96. The van der Waals surface area contributed by atoms with E-state index in [-0.39, 0.29) is 0 Å². The van der Waals surface area contributed by atoms with E-state index < -0.39 is 0 Å². The van der Waals surface area contributed by atoms with E-state index in [0.29, 0.717) is 5.82 Å². The van der Waals surface area contributed by atoms with Gasteiger partial charge in [0, 0.05) is 49.4 Å². The molecule has 0 aliphatic heterocycles. The van der Waals surface area contributed by atoms with Gasteiger partial charge >= 0.3 is 0 Å². The van der Waals surface area contributed by atoms with Crippen molar-refractivity contribution in [2.24, 2.45) is 0 Å². The predicted molar refractivity (Wildman–Crippen MR) is 229 cm³/mol. The molecule has 262 valence electrons. The maximum atomic E-state index is 6.44. The molecular formula is C52H32N2O2. The SMILES string of the molecule is c1ccc(-c2ccc(-c3nc(-c4cccc(-c5cccc6c5oc5ccccc56)c4)cc(-c4cccc(-c5cccc6c5oc5ccccc56)c4)n3)cc2)cc1. The van der Waals surface area contributed by atoms with Crippen LogP contribution >= 0.6 is 0 Å². The van der Waals surface area contributed by atoms with Crippen molar-refractivity contribution < 1.29 is 8.83 Å². The maximum absolute atomic E-state index is 6.44. The first-order chi connectivity index (χ1) is 27.7. The van der Waals surface area contributed by atoms with Crippen molar-refractivity contribution >= 4 is 43.9 Å². The van der Waals surface area contributed by atoms with Crippen LogP contribution in [0, 0.1) is 0 Å². The molecule has 0 spiro atoms. The second-order valence-electron chi connectivity index (χ2n) is 14.1. The highest BCUT2D eigenvalue weighted by Crippen LogP contribution is 2.39. The zero-order chi connectivity index (χ0) is 37.0. The monoisotopic (exact) mass is 716 g/mol. The van der Waals surface area contributed by atoms with Gasteiger partial charge in [-0.25, -0.2) is 9.97 Å². The number of hydrogen-bond donors (Lipinski definition) is 0. The normalized spacial score (nSPS) is 11.6. The lowest BCUT2D eigenvalue weighted by Crippen LogP contribution is -1.96. The van der Waals surface area contributed by atoms with Crippen LogP contribution in [-0.2, 0) is 0 Å². The summed E-state index contributed by atoms with van der Waals surface area (Å²) in [6, 6.07) is 67.3. The number of benzene rings is 8. The standard InChI is InChI=1S/C52H32N2O2/c1-2-12-33(13-3-1)34-26-28-35(29-27-34)52-53-46(38-16-8-14-36(30-38)40-20-10-22-44-42-18-4-6-24-48(42)55-50(40)44)32-47(54-52)39-17-9-15-37(31-39)41-21-11-23-45-43-19-5-7-25-49(43)56-51(41)45/h1-32H. The lowest BCUT2D eigenvalue weighted by molar-refractivity contribution is 0.669. The van der Waals surface area contributed by atoms with Gasteiger partial charge in [-0.2, -0.15) is 0 Å². The van der Waals surface area contributed by atoms with Crippen molar-refractivity contribution in [2.75, 3.05) is 0 Å². The van der Waals surface area contributed by atoms with Crippen LogP contribution in [0.25, 0.3) is 111 Å². The molecule has 11 rings (SSSR count). The van der Waals surface area contributed by atoms with Gasteiger partial charge in [0.1, 0.15) is 22.3 Å². The van der Waals surface area contributed by atoms with Crippen LogP contribution in [0.1, 0.15) is 0 Å². The van der Waals surface area contributed by atoms with E-state index in [4.69, 9.17) is 18.8 Å². The zero-order valence-electron chi connectivity index (χ0n) is 30.2. The Kier molecular flexibility index (Phi) is 7.46. The average Bonchev–Trinajstić information content (AvgIpc) is 3.86. The minimum Gasteiger partial charge on any atom is -0.455 e. The van der Waals surface area contributed by atoms with Crippen molar-refractivity contribution in [3.05, 3.63) is 194 Å². The minimum atomic E-state index is 0.659. The topological polar surface area (TPSA) is 52.1 Å². The quantitative estimate of drug-likeness (QED) is 0.172. The van der Waals surface area contributed by atoms with Crippen LogP contribution in [0.15, 0.2) is 203 Å². The van der Waals surface area contributed by atoms with Crippen molar-refractivity contribution in [3.63, 3.8) is 0 Å². The van der Waals surface area contributed by atoms with Gasteiger partial charge in [-0.1, -0.05) is 164 Å². The van der Waals surface area contributed by atoms with E-state index in [0.717, 1.165) is 99.8 Å². The Morgan fingerprint density at radius 3 is 1.25 bits per heavy atom. The van der Waals surface area contributed by atoms with E-state index in [2.05, 4.69) is 164 Å². The summed E-state index contributed by atoms with van der Waals surface area (Å²) in [6.07, 6.45) is 0. The number of nitrogens with zero attached hydrogens (tertiary/aromatic N) is 2. The molecule has 0 aliphatic rings. The van der Waals surface area contributed by atoms with Crippen molar-refractivity contribution in [1.29, 1.82) is 0 Å². The highest BCUT2D eigenvalue weighted by molar-refractivity contribution is 6.10. The molecular weight excluding hydrogens is 685 g/mol. The zero-order valence-corrected chi connectivity index (χ0v) is 30.2. The number of rotatable bonds is 6. The molecule has 0 N–H and O–H groups in total. The smallest absolute Gasteiger partial charge is 0.160 e. The van der Waals surface area contributed by atoms with Gasteiger partial charge in [-0.05, 0) is 52.6 Å². The first-order valence-electron chi connectivity index (χ1n) is 18.8. The predicted octanol–water partition coefficient (Wildman–Crippen LogP) is 14.3. The van der Waals surface area contributed by atoms with E-state index in [1.54, 1.807) is 0 Å². The molecule has 0 amide bonds. The highest BCUT2D eigenvalue weighted by atomic mass is 16.3. The van der Waals surface area contributed by atoms with Crippen LogP contribution in [0.4, 0.5) is 0 Å². The lowest BCUT2D eigenvalue weighted by atomic mass is 9.97. The molecule has 0 aliphatic carbocycles. The largest absolute Gasteiger partial charge is 0.455 e. The molecule has 0 unspecified atom stereocenters. The molecule has 0 fully saturated rings. The van der Waals surface area contributed by atoms with E-state index in [9.17, 15) is 0 Å². The van der Waals surface area contributed by atoms with Gasteiger partial charge in [0.05, 0.1) is 11.4 Å². The van der Waals surface area contributed by atoms with Crippen LogP contribution in [0.3, 0.4) is 0 Å². The van der Waals surface area contributed by atoms with Crippen molar-refractivity contribution in [1.82, 2.24) is 9.97 Å². The molecule has 0 radical (unpaired) electrons.